The molecule has 0 atom stereocenters. The van der Waals surface area contributed by atoms with Gasteiger partial charge < -0.3 is 5.32 Å². The van der Waals surface area contributed by atoms with Crippen molar-refractivity contribution in [2.45, 2.75) is 26.3 Å². The highest BCUT2D eigenvalue weighted by Gasteiger charge is 2.07. The first kappa shape index (κ1) is 8.12. The highest BCUT2D eigenvalue weighted by atomic mass is 14.9. The molecule has 1 N–H and O–H groups in total. The van der Waals surface area contributed by atoms with Crippen LogP contribution >= 0.6 is 0 Å². The van der Waals surface area contributed by atoms with Gasteiger partial charge in [0.25, 0.3) is 0 Å². The van der Waals surface area contributed by atoms with Gasteiger partial charge in [-0.05, 0) is 39.0 Å². The van der Waals surface area contributed by atoms with Gasteiger partial charge in [0, 0.05) is 11.2 Å². The lowest BCUT2D eigenvalue weighted by atomic mass is 10.1. The van der Waals surface area contributed by atoms with Crippen LogP contribution in [0.3, 0.4) is 0 Å². The molecule has 1 aromatic rings. The Kier molecular flexibility index (Phi) is 2.18. The van der Waals surface area contributed by atoms with E-state index in [1.54, 1.807) is 0 Å². The standard InChI is InChI=1S/C10H14N/c1-10(2,3)11-9-7-5-4-6-8-9/h5-8,11H,1-3H3. The largest absolute Gasteiger partial charge is 0.380 e. The van der Waals surface area contributed by atoms with Crippen LogP contribution in [0.1, 0.15) is 20.8 Å². The number of nitrogens with one attached hydrogen (secondary N) is 1. The van der Waals surface area contributed by atoms with Crippen LogP contribution in [0.15, 0.2) is 24.3 Å². The Bertz CT molecular complexity index is 208. The molecular weight excluding hydrogens is 134 g/mol. The molecule has 0 bridgehead atoms. The molecule has 1 heteroatoms. The Labute approximate surface area is 68.4 Å². The summed E-state index contributed by atoms with van der Waals surface area (Å²) in [6.45, 7) is 6.43. The lowest BCUT2D eigenvalue weighted by Gasteiger charge is -2.21. The zero-order valence-electron chi connectivity index (χ0n) is 7.31. The predicted molar refractivity (Wildman–Crippen MR) is 48.7 cm³/mol. The Morgan fingerprint density at radius 1 is 1.18 bits per heavy atom. The van der Waals surface area contributed by atoms with Crippen molar-refractivity contribution in [2.24, 2.45) is 0 Å². The average Bonchev–Trinajstić information content (AvgIpc) is 1.85. The van der Waals surface area contributed by atoms with E-state index < -0.39 is 0 Å². The summed E-state index contributed by atoms with van der Waals surface area (Å²) in [6.07, 6.45) is 0. The van der Waals surface area contributed by atoms with E-state index in [0.717, 1.165) is 5.69 Å². The molecule has 0 aliphatic heterocycles. The fourth-order valence-electron chi connectivity index (χ4n) is 0.903. The Balaban J connectivity index is 2.66. The topological polar surface area (TPSA) is 12.0 Å². The maximum Gasteiger partial charge on any atom is 0.0344 e. The van der Waals surface area contributed by atoms with Gasteiger partial charge in [0.15, 0.2) is 0 Å². The zero-order valence-corrected chi connectivity index (χ0v) is 7.31. The summed E-state index contributed by atoms with van der Waals surface area (Å²) in [5, 5.41) is 3.36. The second-order valence-electron chi connectivity index (χ2n) is 3.66. The summed E-state index contributed by atoms with van der Waals surface area (Å²) >= 11 is 0. The van der Waals surface area contributed by atoms with Crippen molar-refractivity contribution < 1.29 is 0 Å². The molecule has 0 aliphatic rings. The molecule has 0 saturated heterocycles. The van der Waals surface area contributed by atoms with Gasteiger partial charge in [-0.2, -0.15) is 0 Å². The minimum absolute atomic E-state index is 0.140. The summed E-state index contributed by atoms with van der Waals surface area (Å²) in [6, 6.07) is 10.8. The van der Waals surface area contributed by atoms with Crippen molar-refractivity contribution in [3.63, 3.8) is 0 Å². The average molecular weight is 148 g/mol. The predicted octanol–water partition coefficient (Wildman–Crippen LogP) is 2.70. The maximum absolute atomic E-state index is 3.36. The molecule has 0 amide bonds. The molecule has 1 radical (unpaired) electrons. The first-order valence-electron chi connectivity index (χ1n) is 3.82. The van der Waals surface area contributed by atoms with Crippen molar-refractivity contribution in [3.05, 3.63) is 30.3 Å². The normalized spacial score (nSPS) is 11.2. The van der Waals surface area contributed by atoms with E-state index in [2.05, 4.69) is 32.2 Å². The molecule has 1 nitrogen and oxygen atoms in total. The van der Waals surface area contributed by atoms with Crippen LogP contribution in [-0.4, -0.2) is 5.54 Å². The molecule has 1 aromatic carbocycles. The SMILES string of the molecule is CC(C)(C)Nc1cc[c]cc1. The van der Waals surface area contributed by atoms with Gasteiger partial charge in [0.2, 0.25) is 0 Å². The highest BCUT2D eigenvalue weighted by molar-refractivity contribution is 5.44. The third kappa shape index (κ3) is 3.08. The van der Waals surface area contributed by atoms with Crippen LogP contribution in [-0.2, 0) is 0 Å². The first-order chi connectivity index (χ1) is 5.08. The van der Waals surface area contributed by atoms with Crippen molar-refractivity contribution in [3.8, 4) is 0 Å². The molecule has 0 fully saturated rings. The number of benzene rings is 1. The van der Waals surface area contributed by atoms with E-state index in [9.17, 15) is 0 Å². The van der Waals surface area contributed by atoms with Crippen molar-refractivity contribution >= 4 is 5.69 Å². The second kappa shape index (κ2) is 2.95. The fourth-order valence-corrected chi connectivity index (χ4v) is 0.903. The molecule has 0 saturated carbocycles. The highest BCUT2D eigenvalue weighted by Crippen LogP contribution is 2.12. The Morgan fingerprint density at radius 2 is 1.73 bits per heavy atom. The fraction of sp³-hybridized carbons (Fsp3) is 0.400. The smallest absolute Gasteiger partial charge is 0.0344 e. The molecule has 0 unspecified atom stereocenters. The number of rotatable bonds is 1. The molecule has 0 aliphatic carbocycles. The van der Waals surface area contributed by atoms with Crippen molar-refractivity contribution in [2.75, 3.05) is 5.32 Å². The molecule has 11 heavy (non-hydrogen) atoms. The summed E-state index contributed by atoms with van der Waals surface area (Å²) in [7, 11) is 0. The molecule has 1 rings (SSSR count). The number of hydrogen-bond donors (Lipinski definition) is 1. The quantitative estimate of drug-likeness (QED) is 0.645. The molecule has 59 valence electrons. The van der Waals surface area contributed by atoms with Gasteiger partial charge in [0.1, 0.15) is 0 Å². The van der Waals surface area contributed by atoms with E-state index >= 15 is 0 Å². The van der Waals surface area contributed by atoms with E-state index in [-0.39, 0.29) is 5.54 Å². The van der Waals surface area contributed by atoms with Gasteiger partial charge in [-0.1, -0.05) is 12.1 Å². The maximum atomic E-state index is 3.36. The Hall–Kier alpha value is -0.980. The lowest BCUT2D eigenvalue weighted by Crippen LogP contribution is -2.25. The van der Waals surface area contributed by atoms with E-state index in [1.807, 2.05) is 24.3 Å². The third-order valence-corrected chi connectivity index (χ3v) is 1.24. The van der Waals surface area contributed by atoms with E-state index in [1.165, 1.54) is 0 Å². The molecule has 0 heterocycles. The summed E-state index contributed by atoms with van der Waals surface area (Å²) in [5.74, 6) is 0. The summed E-state index contributed by atoms with van der Waals surface area (Å²) < 4.78 is 0. The van der Waals surface area contributed by atoms with Gasteiger partial charge in [-0.15, -0.1) is 0 Å². The first-order valence-corrected chi connectivity index (χ1v) is 3.82. The van der Waals surface area contributed by atoms with E-state index in [4.69, 9.17) is 0 Å². The van der Waals surface area contributed by atoms with Gasteiger partial charge in [-0.25, -0.2) is 0 Å². The van der Waals surface area contributed by atoms with Gasteiger partial charge >= 0.3 is 0 Å². The summed E-state index contributed by atoms with van der Waals surface area (Å²) in [4.78, 5) is 0. The lowest BCUT2D eigenvalue weighted by molar-refractivity contribution is 0.634. The van der Waals surface area contributed by atoms with E-state index in [0.29, 0.717) is 0 Å². The van der Waals surface area contributed by atoms with Gasteiger partial charge in [-0.3, -0.25) is 0 Å². The second-order valence-corrected chi connectivity index (χ2v) is 3.66. The van der Waals surface area contributed by atoms with Crippen LogP contribution in [0.5, 0.6) is 0 Å². The van der Waals surface area contributed by atoms with Crippen LogP contribution < -0.4 is 5.32 Å². The van der Waals surface area contributed by atoms with Crippen LogP contribution in [0.25, 0.3) is 0 Å². The van der Waals surface area contributed by atoms with Crippen LogP contribution in [0.2, 0.25) is 0 Å². The molecule has 0 aromatic heterocycles. The molecule has 0 spiro atoms. The zero-order chi connectivity index (χ0) is 8.32. The minimum atomic E-state index is 0.140. The van der Waals surface area contributed by atoms with Crippen molar-refractivity contribution in [1.82, 2.24) is 0 Å². The summed E-state index contributed by atoms with van der Waals surface area (Å²) in [5.41, 5.74) is 1.29. The Morgan fingerprint density at radius 3 is 2.18 bits per heavy atom. The van der Waals surface area contributed by atoms with Crippen LogP contribution in [0, 0.1) is 6.07 Å². The number of hydrogen-bond acceptors (Lipinski definition) is 1. The van der Waals surface area contributed by atoms with Crippen molar-refractivity contribution in [1.29, 1.82) is 0 Å². The third-order valence-electron chi connectivity index (χ3n) is 1.24. The molecular formula is C10H14N. The minimum Gasteiger partial charge on any atom is -0.380 e. The number of anilines is 1. The van der Waals surface area contributed by atoms with Crippen LogP contribution in [0.4, 0.5) is 5.69 Å². The van der Waals surface area contributed by atoms with Gasteiger partial charge in [0.05, 0.1) is 0 Å². The monoisotopic (exact) mass is 148 g/mol.